The van der Waals surface area contributed by atoms with E-state index in [4.69, 9.17) is 9.47 Å². The van der Waals surface area contributed by atoms with Crippen LogP contribution in [0.2, 0.25) is 0 Å². The Bertz CT molecular complexity index is 1050. The van der Waals surface area contributed by atoms with Crippen LogP contribution in [-0.4, -0.2) is 39.8 Å². The van der Waals surface area contributed by atoms with E-state index < -0.39 is 16.1 Å². The summed E-state index contributed by atoms with van der Waals surface area (Å²) in [5, 5.41) is 3.06. The fourth-order valence-corrected chi connectivity index (χ4v) is 5.34. The zero-order chi connectivity index (χ0) is 21.3. The molecule has 0 radical (unpaired) electrons. The molecular formula is C22H26N2O5S. The Balaban J connectivity index is 1.59. The summed E-state index contributed by atoms with van der Waals surface area (Å²) >= 11 is 0. The van der Waals surface area contributed by atoms with Gasteiger partial charge in [-0.3, -0.25) is 9.10 Å². The van der Waals surface area contributed by atoms with Crippen LogP contribution in [0.15, 0.2) is 42.5 Å². The van der Waals surface area contributed by atoms with Crippen LogP contribution in [-0.2, 0) is 21.2 Å². The number of ether oxygens (including phenoxy) is 2. The van der Waals surface area contributed by atoms with Crippen LogP contribution in [0.25, 0.3) is 0 Å². The number of sulfonamides is 1. The molecule has 1 heterocycles. The van der Waals surface area contributed by atoms with Gasteiger partial charge in [0.15, 0.2) is 11.5 Å². The highest BCUT2D eigenvalue weighted by atomic mass is 32.2. The summed E-state index contributed by atoms with van der Waals surface area (Å²) in [5.41, 5.74) is 2.71. The summed E-state index contributed by atoms with van der Waals surface area (Å²) < 4.78 is 37.4. The van der Waals surface area contributed by atoms with Crippen LogP contribution in [0.5, 0.6) is 11.5 Å². The first-order valence-corrected chi connectivity index (χ1v) is 12.0. The standard InChI is InChI=1S/C22H26N2O5S/c1-15(22(25)23-19-9-5-7-16-6-3-4-8-18(16)19)24(30(2,26)27)17-10-11-20-21(14-17)29-13-12-28-20/h3-4,6,8,10-11,14-15,19H,5,7,9,12-13H2,1-2H3,(H,23,25)/t15-,19+/m1/s1. The molecular weight excluding hydrogens is 404 g/mol. The van der Waals surface area contributed by atoms with Crippen molar-refractivity contribution < 1.29 is 22.7 Å². The minimum atomic E-state index is -3.71. The quantitative estimate of drug-likeness (QED) is 0.789. The lowest BCUT2D eigenvalue weighted by molar-refractivity contribution is -0.122. The number of carbonyl (C=O) groups excluding carboxylic acids is 1. The molecule has 0 spiro atoms. The zero-order valence-electron chi connectivity index (χ0n) is 17.1. The van der Waals surface area contributed by atoms with Gasteiger partial charge in [-0.15, -0.1) is 0 Å². The molecule has 30 heavy (non-hydrogen) atoms. The smallest absolute Gasteiger partial charge is 0.244 e. The first kappa shape index (κ1) is 20.5. The molecule has 1 aliphatic heterocycles. The largest absolute Gasteiger partial charge is 0.486 e. The SMILES string of the molecule is C[C@H](C(=O)N[C@H]1CCCc2ccccc21)N(c1ccc2c(c1)OCCO2)S(C)(=O)=O. The molecule has 0 bridgehead atoms. The molecule has 2 aromatic carbocycles. The molecule has 0 saturated heterocycles. The van der Waals surface area contributed by atoms with Crippen molar-refractivity contribution in [3.8, 4) is 11.5 Å². The lowest BCUT2D eigenvalue weighted by Crippen LogP contribution is -2.49. The molecule has 1 aliphatic carbocycles. The maximum atomic E-state index is 13.1. The first-order valence-electron chi connectivity index (χ1n) is 10.1. The number of anilines is 1. The minimum absolute atomic E-state index is 0.119. The molecule has 160 valence electrons. The van der Waals surface area contributed by atoms with Crippen molar-refractivity contribution in [2.24, 2.45) is 0 Å². The number of carbonyl (C=O) groups is 1. The molecule has 2 atom stereocenters. The summed E-state index contributed by atoms with van der Waals surface area (Å²) in [6.07, 6.45) is 3.90. The molecule has 0 aromatic heterocycles. The van der Waals surface area contributed by atoms with E-state index in [2.05, 4.69) is 11.4 Å². The highest BCUT2D eigenvalue weighted by molar-refractivity contribution is 7.92. The van der Waals surface area contributed by atoms with Crippen molar-refractivity contribution >= 4 is 21.6 Å². The number of nitrogens with zero attached hydrogens (tertiary/aromatic N) is 1. The Morgan fingerprint density at radius 3 is 2.63 bits per heavy atom. The molecule has 2 aromatic rings. The molecule has 0 fully saturated rings. The van der Waals surface area contributed by atoms with E-state index in [9.17, 15) is 13.2 Å². The number of nitrogens with one attached hydrogen (secondary N) is 1. The maximum Gasteiger partial charge on any atom is 0.244 e. The van der Waals surface area contributed by atoms with Crippen molar-refractivity contribution in [1.82, 2.24) is 5.32 Å². The van der Waals surface area contributed by atoms with Crippen LogP contribution in [0, 0.1) is 0 Å². The predicted molar refractivity (Wildman–Crippen MR) is 114 cm³/mol. The van der Waals surface area contributed by atoms with E-state index in [0.29, 0.717) is 30.4 Å². The third-order valence-corrected chi connectivity index (χ3v) is 6.80. The van der Waals surface area contributed by atoms with Crippen LogP contribution in [0.3, 0.4) is 0 Å². The number of rotatable bonds is 5. The van der Waals surface area contributed by atoms with E-state index in [0.717, 1.165) is 35.4 Å². The first-order chi connectivity index (χ1) is 14.3. The molecule has 1 amide bonds. The summed E-state index contributed by atoms with van der Waals surface area (Å²) in [7, 11) is -3.71. The molecule has 0 saturated carbocycles. The van der Waals surface area contributed by atoms with Crippen molar-refractivity contribution in [2.45, 2.75) is 38.3 Å². The van der Waals surface area contributed by atoms with Crippen LogP contribution < -0.4 is 19.1 Å². The lowest BCUT2D eigenvalue weighted by Gasteiger charge is -2.32. The average molecular weight is 431 g/mol. The zero-order valence-corrected chi connectivity index (χ0v) is 17.9. The van der Waals surface area contributed by atoms with Crippen molar-refractivity contribution in [1.29, 1.82) is 0 Å². The van der Waals surface area contributed by atoms with Gasteiger partial charge in [-0.2, -0.15) is 0 Å². The van der Waals surface area contributed by atoms with Crippen LogP contribution in [0.4, 0.5) is 5.69 Å². The van der Waals surface area contributed by atoms with Gasteiger partial charge in [0, 0.05) is 6.07 Å². The van der Waals surface area contributed by atoms with Crippen LogP contribution in [0.1, 0.15) is 36.9 Å². The van der Waals surface area contributed by atoms with Gasteiger partial charge in [-0.25, -0.2) is 8.42 Å². The molecule has 2 aliphatic rings. The van der Waals surface area contributed by atoms with Gasteiger partial charge in [0.1, 0.15) is 19.3 Å². The fourth-order valence-electron chi connectivity index (χ4n) is 4.17. The van der Waals surface area contributed by atoms with Gasteiger partial charge in [0.2, 0.25) is 15.9 Å². The molecule has 1 N–H and O–H groups in total. The van der Waals surface area contributed by atoms with E-state index in [1.807, 2.05) is 18.2 Å². The number of amides is 1. The topological polar surface area (TPSA) is 84.9 Å². The second-order valence-corrected chi connectivity index (χ2v) is 9.57. The number of aryl methyl sites for hydroxylation is 1. The van der Waals surface area contributed by atoms with Crippen molar-refractivity contribution in [2.75, 3.05) is 23.8 Å². The van der Waals surface area contributed by atoms with Gasteiger partial charge in [-0.1, -0.05) is 24.3 Å². The highest BCUT2D eigenvalue weighted by Gasteiger charge is 2.32. The summed E-state index contributed by atoms with van der Waals surface area (Å²) in [6, 6.07) is 11.9. The third-order valence-electron chi connectivity index (χ3n) is 5.55. The van der Waals surface area contributed by atoms with E-state index in [1.54, 1.807) is 25.1 Å². The number of benzene rings is 2. The average Bonchev–Trinajstić information content (AvgIpc) is 2.73. The molecule has 8 heteroatoms. The van der Waals surface area contributed by atoms with Gasteiger partial charge in [0.25, 0.3) is 0 Å². The Labute approximate surface area is 177 Å². The summed E-state index contributed by atoms with van der Waals surface area (Å²) in [5.74, 6) is 0.701. The number of fused-ring (bicyclic) bond motifs is 2. The van der Waals surface area contributed by atoms with Gasteiger partial charge in [0.05, 0.1) is 18.0 Å². The summed E-state index contributed by atoms with van der Waals surface area (Å²) in [6.45, 7) is 2.44. The van der Waals surface area contributed by atoms with Crippen LogP contribution >= 0.6 is 0 Å². The fraction of sp³-hybridized carbons (Fsp3) is 0.409. The Morgan fingerprint density at radius 1 is 1.13 bits per heavy atom. The van der Waals surface area contributed by atoms with E-state index >= 15 is 0 Å². The van der Waals surface area contributed by atoms with Gasteiger partial charge >= 0.3 is 0 Å². The third kappa shape index (κ3) is 4.09. The maximum absolute atomic E-state index is 13.1. The Kier molecular flexibility index (Phi) is 5.60. The number of hydrogen-bond donors (Lipinski definition) is 1. The lowest BCUT2D eigenvalue weighted by atomic mass is 9.87. The molecule has 0 unspecified atom stereocenters. The predicted octanol–water partition coefficient (Wildman–Crippen LogP) is 2.81. The number of hydrogen-bond acceptors (Lipinski definition) is 5. The van der Waals surface area contributed by atoms with Gasteiger partial charge in [-0.05, 0) is 49.4 Å². The normalized spacial score (nSPS) is 18.8. The molecule has 4 rings (SSSR count). The van der Waals surface area contributed by atoms with Gasteiger partial charge < -0.3 is 14.8 Å². The summed E-state index contributed by atoms with van der Waals surface area (Å²) in [4.78, 5) is 13.1. The second-order valence-electron chi connectivity index (χ2n) is 7.71. The monoisotopic (exact) mass is 430 g/mol. The Hall–Kier alpha value is -2.74. The minimum Gasteiger partial charge on any atom is -0.486 e. The van der Waals surface area contributed by atoms with E-state index in [1.165, 1.54) is 5.56 Å². The Morgan fingerprint density at radius 2 is 1.87 bits per heavy atom. The highest BCUT2D eigenvalue weighted by Crippen LogP contribution is 2.36. The molecule has 7 nitrogen and oxygen atoms in total. The van der Waals surface area contributed by atoms with Crippen molar-refractivity contribution in [3.63, 3.8) is 0 Å². The van der Waals surface area contributed by atoms with E-state index in [-0.39, 0.29) is 11.9 Å². The van der Waals surface area contributed by atoms with Crippen molar-refractivity contribution in [3.05, 3.63) is 53.6 Å². The second kappa shape index (κ2) is 8.18.